The number of rotatable bonds is 7. The molecule has 3 aliphatic rings. The van der Waals surface area contributed by atoms with Crippen molar-refractivity contribution in [3.63, 3.8) is 0 Å². The van der Waals surface area contributed by atoms with Crippen molar-refractivity contribution < 1.29 is 32.3 Å². The van der Waals surface area contributed by atoms with E-state index in [1.807, 2.05) is 0 Å². The molecular formula is C27H27F3N4O4. The van der Waals surface area contributed by atoms with E-state index in [1.54, 1.807) is 17.0 Å². The summed E-state index contributed by atoms with van der Waals surface area (Å²) in [4.78, 5) is 53.0. The van der Waals surface area contributed by atoms with Gasteiger partial charge in [-0.2, -0.15) is 0 Å². The first kappa shape index (κ1) is 25.9. The lowest BCUT2D eigenvalue weighted by atomic mass is 9.82. The Hall–Kier alpha value is -3.73. The maximum absolute atomic E-state index is 14.1. The first-order chi connectivity index (χ1) is 18.1. The van der Waals surface area contributed by atoms with Crippen molar-refractivity contribution in [2.24, 2.45) is 11.7 Å². The maximum Gasteiger partial charge on any atom is 0.262 e. The Kier molecular flexibility index (Phi) is 6.95. The molecule has 8 nitrogen and oxygen atoms in total. The van der Waals surface area contributed by atoms with E-state index >= 15 is 0 Å². The number of piperidine rings is 1. The van der Waals surface area contributed by atoms with Gasteiger partial charge in [0, 0.05) is 24.2 Å². The number of halogens is 3. The molecule has 0 aliphatic carbocycles. The summed E-state index contributed by atoms with van der Waals surface area (Å²) in [5.41, 5.74) is 6.84. The second-order valence-electron chi connectivity index (χ2n) is 10.2. The van der Waals surface area contributed by atoms with Gasteiger partial charge in [0.05, 0.1) is 17.7 Å². The zero-order chi connectivity index (χ0) is 27.1. The normalized spacial score (nSPS) is 23.0. The van der Waals surface area contributed by atoms with Crippen LogP contribution < -0.4 is 11.1 Å². The van der Waals surface area contributed by atoms with Crippen LogP contribution in [0.3, 0.4) is 0 Å². The van der Waals surface area contributed by atoms with Crippen molar-refractivity contribution >= 4 is 23.6 Å². The van der Waals surface area contributed by atoms with Gasteiger partial charge < -0.3 is 16.0 Å². The molecule has 2 saturated heterocycles. The molecule has 11 heteroatoms. The van der Waals surface area contributed by atoms with Crippen LogP contribution in [0.15, 0.2) is 36.4 Å². The quantitative estimate of drug-likeness (QED) is 0.423. The van der Waals surface area contributed by atoms with Gasteiger partial charge in [-0.3, -0.25) is 24.1 Å². The van der Waals surface area contributed by atoms with Gasteiger partial charge in [-0.25, -0.2) is 13.2 Å². The Morgan fingerprint density at radius 2 is 1.53 bits per heavy atom. The number of hydrogen-bond donors (Lipinski definition) is 2. The SMILES string of the molecule is N[C@H](Cc1cc(F)c(F)cc1F)[C@@H]1C[C@H]2CC[C@@H](C1)N2C(=O)CNC(=O)CN1C(=O)c2ccccc2C1=O. The minimum Gasteiger partial charge on any atom is -0.345 e. The molecule has 0 aromatic heterocycles. The third-order valence-electron chi connectivity index (χ3n) is 7.82. The molecule has 0 unspecified atom stereocenters. The number of carbonyl (C=O) groups is 4. The van der Waals surface area contributed by atoms with E-state index in [1.165, 1.54) is 12.1 Å². The van der Waals surface area contributed by atoms with Gasteiger partial charge in [0.15, 0.2) is 11.6 Å². The molecule has 2 aromatic rings. The number of amides is 4. The van der Waals surface area contributed by atoms with E-state index in [2.05, 4.69) is 5.32 Å². The molecule has 4 amide bonds. The molecule has 200 valence electrons. The third kappa shape index (κ3) is 4.78. The van der Waals surface area contributed by atoms with Crippen molar-refractivity contribution in [3.8, 4) is 0 Å². The molecule has 2 aromatic carbocycles. The lowest BCUT2D eigenvalue weighted by molar-refractivity contribution is -0.137. The lowest BCUT2D eigenvalue weighted by Crippen LogP contribution is -2.53. The van der Waals surface area contributed by atoms with Crippen LogP contribution in [0.4, 0.5) is 13.2 Å². The first-order valence-electron chi connectivity index (χ1n) is 12.6. The highest BCUT2D eigenvalue weighted by atomic mass is 19.2. The second-order valence-corrected chi connectivity index (χ2v) is 10.2. The number of hydrogen-bond acceptors (Lipinski definition) is 5. The smallest absolute Gasteiger partial charge is 0.262 e. The molecule has 2 fully saturated rings. The number of fused-ring (bicyclic) bond motifs is 3. The van der Waals surface area contributed by atoms with E-state index in [9.17, 15) is 32.3 Å². The summed E-state index contributed by atoms with van der Waals surface area (Å²) < 4.78 is 40.9. The summed E-state index contributed by atoms with van der Waals surface area (Å²) in [7, 11) is 0. The Balaban J connectivity index is 1.14. The van der Waals surface area contributed by atoms with Crippen molar-refractivity contribution in [1.82, 2.24) is 15.1 Å². The Morgan fingerprint density at radius 3 is 2.13 bits per heavy atom. The van der Waals surface area contributed by atoms with Crippen molar-refractivity contribution in [2.75, 3.05) is 13.1 Å². The van der Waals surface area contributed by atoms with E-state index in [4.69, 9.17) is 5.73 Å². The van der Waals surface area contributed by atoms with Gasteiger partial charge >= 0.3 is 0 Å². The number of nitrogens with zero attached hydrogens (tertiary/aromatic N) is 2. The van der Waals surface area contributed by atoms with E-state index in [0.29, 0.717) is 18.9 Å². The molecule has 0 spiro atoms. The van der Waals surface area contributed by atoms with E-state index in [-0.39, 0.29) is 53.6 Å². The fourth-order valence-corrected chi connectivity index (χ4v) is 5.96. The highest BCUT2D eigenvalue weighted by molar-refractivity contribution is 6.22. The topological polar surface area (TPSA) is 113 Å². The fraction of sp³-hybridized carbons (Fsp3) is 0.407. The van der Waals surface area contributed by atoms with Crippen LogP contribution in [-0.4, -0.2) is 64.6 Å². The summed E-state index contributed by atoms with van der Waals surface area (Å²) in [5.74, 6) is -5.24. The van der Waals surface area contributed by atoms with Crippen LogP contribution in [0.2, 0.25) is 0 Å². The van der Waals surface area contributed by atoms with Crippen LogP contribution >= 0.6 is 0 Å². The highest BCUT2D eigenvalue weighted by Crippen LogP contribution is 2.40. The van der Waals surface area contributed by atoms with E-state index in [0.717, 1.165) is 23.8 Å². The van der Waals surface area contributed by atoms with Crippen molar-refractivity contribution in [2.45, 2.75) is 50.2 Å². The second kappa shape index (κ2) is 10.2. The predicted molar refractivity (Wildman–Crippen MR) is 129 cm³/mol. The number of benzene rings is 2. The fourth-order valence-electron chi connectivity index (χ4n) is 5.96. The molecule has 5 rings (SSSR count). The maximum atomic E-state index is 14.1. The molecule has 3 N–H and O–H groups in total. The van der Waals surface area contributed by atoms with E-state index < -0.39 is 47.8 Å². The molecule has 2 bridgehead atoms. The molecular weight excluding hydrogens is 501 g/mol. The van der Waals surface area contributed by atoms with Crippen LogP contribution in [0.5, 0.6) is 0 Å². The number of carbonyl (C=O) groups excluding carboxylic acids is 4. The van der Waals surface area contributed by atoms with Gasteiger partial charge in [0.1, 0.15) is 12.4 Å². The predicted octanol–water partition coefficient (Wildman–Crippen LogP) is 2.16. The van der Waals surface area contributed by atoms with Crippen LogP contribution in [0.25, 0.3) is 0 Å². The van der Waals surface area contributed by atoms with Gasteiger partial charge in [-0.05, 0) is 61.8 Å². The largest absolute Gasteiger partial charge is 0.345 e. The third-order valence-corrected chi connectivity index (χ3v) is 7.82. The Labute approximate surface area is 216 Å². The first-order valence-corrected chi connectivity index (χ1v) is 12.6. The highest BCUT2D eigenvalue weighted by Gasteiger charge is 2.44. The minimum absolute atomic E-state index is 0.0167. The lowest BCUT2D eigenvalue weighted by Gasteiger charge is -2.41. The summed E-state index contributed by atoms with van der Waals surface area (Å²) in [5, 5.41) is 2.52. The summed E-state index contributed by atoms with van der Waals surface area (Å²) in [6, 6.07) is 6.99. The van der Waals surface area contributed by atoms with Crippen LogP contribution in [-0.2, 0) is 16.0 Å². The molecule has 3 heterocycles. The van der Waals surface area contributed by atoms with Gasteiger partial charge in [-0.15, -0.1) is 0 Å². The average Bonchev–Trinajstić information content (AvgIpc) is 3.29. The summed E-state index contributed by atoms with van der Waals surface area (Å²) in [6.45, 7) is -0.754. The van der Waals surface area contributed by atoms with Gasteiger partial charge in [0.25, 0.3) is 11.8 Å². The van der Waals surface area contributed by atoms with Crippen molar-refractivity contribution in [3.05, 3.63) is 70.5 Å². The standard InChI is InChI=1S/C27H27F3N4O4/c28-20-11-22(30)21(29)9-14(20)10-23(31)15-7-16-5-6-17(8-15)34(16)25(36)12-32-24(35)13-33-26(37)18-3-1-2-4-19(18)27(33)38/h1-4,9,11,15-17,23H,5-8,10,12-13,31H2,(H,32,35)/t15-,16-,17+,23-/m1/s1. The molecule has 0 radical (unpaired) electrons. The number of imide groups is 1. The zero-order valence-corrected chi connectivity index (χ0v) is 20.5. The molecule has 38 heavy (non-hydrogen) atoms. The summed E-state index contributed by atoms with van der Waals surface area (Å²) in [6.07, 6.45) is 2.74. The zero-order valence-electron chi connectivity index (χ0n) is 20.5. The Morgan fingerprint density at radius 1 is 0.947 bits per heavy atom. The number of nitrogens with two attached hydrogens (primary N) is 1. The number of nitrogens with one attached hydrogen (secondary N) is 1. The minimum atomic E-state index is -1.25. The van der Waals surface area contributed by atoms with Crippen molar-refractivity contribution in [1.29, 1.82) is 0 Å². The van der Waals surface area contributed by atoms with Gasteiger partial charge in [-0.1, -0.05) is 12.1 Å². The van der Waals surface area contributed by atoms with Crippen LogP contribution in [0, 0.1) is 23.4 Å². The summed E-state index contributed by atoms with van der Waals surface area (Å²) >= 11 is 0. The van der Waals surface area contributed by atoms with Crippen LogP contribution in [0.1, 0.15) is 52.0 Å². The average molecular weight is 529 g/mol. The van der Waals surface area contributed by atoms with Gasteiger partial charge in [0.2, 0.25) is 11.8 Å². The molecule has 0 saturated carbocycles. The molecule has 4 atom stereocenters. The monoisotopic (exact) mass is 528 g/mol. The Bertz CT molecular complexity index is 1270. The molecule has 3 aliphatic heterocycles.